The average Bonchev–Trinajstić information content (AvgIpc) is 2.65. The molecule has 14 heavy (non-hydrogen) atoms. The van der Waals surface area contributed by atoms with Gasteiger partial charge >= 0.3 is 0 Å². The summed E-state index contributed by atoms with van der Waals surface area (Å²) in [6, 6.07) is 0. The van der Waals surface area contributed by atoms with Crippen LogP contribution in [-0.4, -0.2) is 15.9 Å². The van der Waals surface area contributed by atoms with Crippen LogP contribution in [-0.2, 0) is 13.0 Å². The van der Waals surface area contributed by atoms with Gasteiger partial charge in [-0.05, 0) is 13.8 Å². The number of aromatic nitrogens is 2. The van der Waals surface area contributed by atoms with Gasteiger partial charge in [-0.15, -0.1) is 11.3 Å². The molecule has 0 aliphatic carbocycles. The van der Waals surface area contributed by atoms with Gasteiger partial charge in [0.2, 0.25) is 0 Å². The van der Waals surface area contributed by atoms with Gasteiger partial charge in [-0.25, -0.2) is 4.98 Å². The Bertz CT molecular complexity index is 495. The smallest absolute Gasteiger partial charge is 0.194 e. The van der Waals surface area contributed by atoms with Crippen molar-refractivity contribution >= 4 is 16.3 Å². The van der Waals surface area contributed by atoms with Gasteiger partial charge in [-0.3, -0.25) is 4.40 Å². The molecule has 0 saturated carbocycles. The molecule has 0 spiro atoms. The zero-order valence-corrected chi connectivity index (χ0v) is 9.24. The summed E-state index contributed by atoms with van der Waals surface area (Å²) in [5.41, 5.74) is 4.01. The van der Waals surface area contributed by atoms with Crippen LogP contribution < -0.4 is 5.32 Å². The van der Waals surface area contributed by atoms with E-state index in [4.69, 9.17) is 0 Å². The van der Waals surface area contributed by atoms with Crippen LogP contribution in [0.25, 0.3) is 4.96 Å². The zero-order chi connectivity index (χ0) is 9.71. The summed E-state index contributed by atoms with van der Waals surface area (Å²) in [5, 5.41) is 3.40. The molecule has 0 fully saturated rings. The maximum atomic E-state index is 4.68. The highest BCUT2D eigenvalue weighted by Gasteiger charge is 2.18. The molecule has 0 amide bonds. The van der Waals surface area contributed by atoms with E-state index in [0.717, 1.165) is 24.5 Å². The lowest BCUT2D eigenvalue weighted by Gasteiger charge is -2.12. The lowest BCUT2D eigenvalue weighted by atomic mass is 10.2. The molecule has 1 aliphatic rings. The molecule has 0 saturated heterocycles. The van der Waals surface area contributed by atoms with Gasteiger partial charge in [0.15, 0.2) is 4.96 Å². The van der Waals surface area contributed by atoms with Gasteiger partial charge < -0.3 is 5.32 Å². The summed E-state index contributed by atoms with van der Waals surface area (Å²) in [6.45, 7) is 6.37. The van der Waals surface area contributed by atoms with Gasteiger partial charge in [0.05, 0.1) is 11.4 Å². The van der Waals surface area contributed by atoms with Crippen molar-refractivity contribution in [1.29, 1.82) is 0 Å². The molecule has 1 N–H and O–H groups in total. The van der Waals surface area contributed by atoms with Crippen LogP contribution in [0.15, 0.2) is 0 Å². The topological polar surface area (TPSA) is 29.3 Å². The molecule has 0 aromatic carbocycles. The van der Waals surface area contributed by atoms with Crippen molar-refractivity contribution in [2.45, 2.75) is 26.8 Å². The van der Waals surface area contributed by atoms with Crippen LogP contribution in [0.2, 0.25) is 0 Å². The van der Waals surface area contributed by atoms with Crippen molar-refractivity contribution < 1.29 is 0 Å². The van der Waals surface area contributed by atoms with Crippen LogP contribution in [0, 0.1) is 13.8 Å². The van der Waals surface area contributed by atoms with Crippen LogP contribution >= 0.6 is 11.3 Å². The number of nitrogens with one attached hydrogen (secondary N) is 1. The molecule has 3 heterocycles. The molecule has 3 rings (SSSR count). The molecule has 4 heteroatoms. The number of hydrogen-bond donors (Lipinski definition) is 1. The number of nitrogens with zero attached hydrogens (tertiary/aromatic N) is 2. The van der Waals surface area contributed by atoms with E-state index < -0.39 is 0 Å². The summed E-state index contributed by atoms with van der Waals surface area (Å²) in [7, 11) is 0. The monoisotopic (exact) mass is 207 g/mol. The first-order chi connectivity index (χ1) is 6.77. The summed E-state index contributed by atoms with van der Waals surface area (Å²) in [4.78, 5) is 7.21. The third-order valence-corrected chi connectivity index (χ3v) is 4.00. The predicted octanol–water partition coefficient (Wildman–Crippen LogP) is 1.66. The Morgan fingerprint density at radius 1 is 1.43 bits per heavy atom. The minimum absolute atomic E-state index is 0.966. The van der Waals surface area contributed by atoms with Crippen LogP contribution in [0.5, 0.6) is 0 Å². The molecular formula is C10H13N3S. The van der Waals surface area contributed by atoms with E-state index in [1.54, 1.807) is 11.3 Å². The second-order valence-electron chi connectivity index (χ2n) is 3.79. The summed E-state index contributed by atoms with van der Waals surface area (Å²) in [5.74, 6) is 0. The average molecular weight is 207 g/mol. The van der Waals surface area contributed by atoms with E-state index in [-0.39, 0.29) is 0 Å². The van der Waals surface area contributed by atoms with Crippen molar-refractivity contribution in [3.8, 4) is 0 Å². The van der Waals surface area contributed by atoms with Crippen molar-refractivity contribution in [2.75, 3.05) is 6.54 Å². The third-order valence-electron chi connectivity index (χ3n) is 2.95. The summed E-state index contributed by atoms with van der Waals surface area (Å²) >= 11 is 1.80. The SMILES string of the molecule is Cc1sc2nc3c(n2c1C)CNCC3. The highest BCUT2D eigenvalue weighted by Crippen LogP contribution is 2.26. The molecule has 1 aliphatic heterocycles. The Morgan fingerprint density at radius 2 is 2.29 bits per heavy atom. The molecule has 0 unspecified atom stereocenters. The molecule has 2 aromatic rings. The Balaban J connectivity index is 2.36. The van der Waals surface area contributed by atoms with Gasteiger partial charge in [0.25, 0.3) is 0 Å². The Kier molecular flexibility index (Phi) is 1.69. The van der Waals surface area contributed by atoms with Crippen LogP contribution in [0.1, 0.15) is 22.0 Å². The molecule has 0 radical (unpaired) electrons. The van der Waals surface area contributed by atoms with Gasteiger partial charge in [-0.2, -0.15) is 0 Å². The lowest BCUT2D eigenvalue weighted by molar-refractivity contribution is 0.619. The Hall–Kier alpha value is -0.870. The standard InChI is InChI=1S/C10H13N3S/c1-6-7(2)14-10-12-8-3-4-11-5-9(8)13(6)10/h11H,3-5H2,1-2H3. The number of imidazole rings is 1. The van der Waals surface area contributed by atoms with Crippen molar-refractivity contribution in [2.24, 2.45) is 0 Å². The van der Waals surface area contributed by atoms with Crippen molar-refractivity contribution in [3.63, 3.8) is 0 Å². The molecule has 3 nitrogen and oxygen atoms in total. The maximum Gasteiger partial charge on any atom is 0.194 e. The van der Waals surface area contributed by atoms with E-state index in [1.807, 2.05) is 0 Å². The largest absolute Gasteiger partial charge is 0.311 e. The fourth-order valence-electron chi connectivity index (χ4n) is 2.05. The summed E-state index contributed by atoms with van der Waals surface area (Å²) < 4.78 is 2.31. The number of thiazole rings is 1. The third kappa shape index (κ3) is 0.980. The Morgan fingerprint density at radius 3 is 3.14 bits per heavy atom. The number of fused-ring (bicyclic) bond motifs is 3. The number of aryl methyl sites for hydroxylation is 2. The van der Waals surface area contributed by atoms with Crippen LogP contribution in [0.3, 0.4) is 0 Å². The first-order valence-corrected chi connectivity index (χ1v) is 5.76. The maximum absolute atomic E-state index is 4.68. The molecule has 2 aromatic heterocycles. The second-order valence-corrected chi connectivity index (χ2v) is 4.98. The Labute approximate surface area is 86.8 Å². The molecular weight excluding hydrogens is 194 g/mol. The van der Waals surface area contributed by atoms with E-state index >= 15 is 0 Å². The fraction of sp³-hybridized carbons (Fsp3) is 0.500. The van der Waals surface area contributed by atoms with Gasteiger partial charge in [0.1, 0.15) is 0 Å². The zero-order valence-electron chi connectivity index (χ0n) is 8.42. The van der Waals surface area contributed by atoms with Crippen LogP contribution in [0.4, 0.5) is 0 Å². The normalized spacial score (nSPS) is 16.1. The highest BCUT2D eigenvalue weighted by atomic mass is 32.1. The minimum Gasteiger partial charge on any atom is -0.311 e. The van der Waals surface area contributed by atoms with E-state index in [0.29, 0.717) is 0 Å². The highest BCUT2D eigenvalue weighted by molar-refractivity contribution is 7.17. The lowest BCUT2D eigenvalue weighted by Crippen LogP contribution is -2.24. The van der Waals surface area contributed by atoms with E-state index in [1.165, 1.54) is 22.0 Å². The van der Waals surface area contributed by atoms with Crippen molar-refractivity contribution in [3.05, 3.63) is 22.0 Å². The predicted molar refractivity (Wildman–Crippen MR) is 58.0 cm³/mol. The van der Waals surface area contributed by atoms with E-state index in [2.05, 4.69) is 28.5 Å². The molecule has 0 bridgehead atoms. The minimum atomic E-state index is 0.966. The van der Waals surface area contributed by atoms with E-state index in [9.17, 15) is 0 Å². The second kappa shape index (κ2) is 2.81. The van der Waals surface area contributed by atoms with Gasteiger partial charge in [0, 0.05) is 30.1 Å². The van der Waals surface area contributed by atoms with Crippen molar-refractivity contribution in [1.82, 2.24) is 14.7 Å². The fourth-order valence-corrected chi connectivity index (χ4v) is 3.06. The van der Waals surface area contributed by atoms with Gasteiger partial charge in [-0.1, -0.05) is 0 Å². The number of rotatable bonds is 0. The quantitative estimate of drug-likeness (QED) is 0.712. The first-order valence-electron chi connectivity index (χ1n) is 4.94. The molecule has 74 valence electrons. The number of hydrogen-bond acceptors (Lipinski definition) is 3. The molecule has 0 atom stereocenters. The first kappa shape index (κ1) is 8.44. The summed E-state index contributed by atoms with van der Waals surface area (Å²) in [6.07, 6.45) is 1.07.